The first-order chi connectivity index (χ1) is 16.2. The predicted octanol–water partition coefficient (Wildman–Crippen LogP) is 5.53. The van der Waals surface area contributed by atoms with Gasteiger partial charge in [-0.25, -0.2) is 0 Å². The fraction of sp³-hybridized carbons (Fsp3) is 0.296. The molecule has 2 N–H and O–H groups in total. The lowest BCUT2D eigenvalue weighted by Gasteiger charge is -2.21. The second kappa shape index (κ2) is 11.1. The summed E-state index contributed by atoms with van der Waals surface area (Å²) in [4.78, 5) is 39.5. The van der Waals surface area contributed by atoms with Gasteiger partial charge in [0.25, 0.3) is 17.7 Å². The minimum Gasteiger partial charge on any atom is -0.348 e. The molecule has 3 rings (SSSR count). The molecule has 0 saturated heterocycles. The van der Waals surface area contributed by atoms with Crippen molar-refractivity contribution in [3.05, 3.63) is 87.8 Å². The number of nitrogens with one attached hydrogen (secondary N) is 2. The summed E-state index contributed by atoms with van der Waals surface area (Å²) in [5.41, 5.74) is 3.61. The molecule has 0 aliphatic heterocycles. The van der Waals surface area contributed by atoms with Crippen molar-refractivity contribution >= 4 is 34.1 Å². The van der Waals surface area contributed by atoms with E-state index in [4.69, 9.17) is 0 Å². The zero-order valence-corrected chi connectivity index (χ0v) is 21.0. The second-order valence-corrected chi connectivity index (χ2v) is 9.70. The number of nitrogens with zero attached hydrogens (tertiary/aromatic N) is 1. The highest BCUT2D eigenvalue weighted by atomic mass is 32.1. The van der Waals surface area contributed by atoms with Crippen molar-refractivity contribution in [2.75, 3.05) is 12.4 Å². The summed E-state index contributed by atoms with van der Waals surface area (Å²) in [6, 6.07) is 16.5. The lowest BCUT2D eigenvalue weighted by atomic mass is 10.0. The van der Waals surface area contributed by atoms with E-state index in [9.17, 15) is 14.4 Å². The van der Waals surface area contributed by atoms with Crippen LogP contribution in [-0.4, -0.2) is 35.7 Å². The van der Waals surface area contributed by atoms with Crippen LogP contribution in [0.1, 0.15) is 75.8 Å². The number of hydrogen-bond acceptors (Lipinski definition) is 4. The fourth-order valence-electron chi connectivity index (χ4n) is 3.26. The molecule has 3 aromatic rings. The molecule has 7 heteroatoms. The average Bonchev–Trinajstić information content (AvgIpc) is 3.30. The molecule has 34 heavy (non-hydrogen) atoms. The van der Waals surface area contributed by atoms with Crippen LogP contribution in [-0.2, 0) is 6.54 Å². The Morgan fingerprint density at radius 2 is 1.47 bits per heavy atom. The van der Waals surface area contributed by atoms with Crippen LogP contribution >= 0.6 is 11.3 Å². The van der Waals surface area contributed by atoms with E-state index in [0.29, 0.717) is 34.2 Å². The maximum absolute atomic E-state index is 12.8. The number of anilines is 1. The van der Waals surface area contributed by atoms with E-state index in [2.05, 4.69) is 24.5 Å². The molecular formula is C27H31N3O3S. The summed E-state index contributed by atoms with van der Waals surface area (Å²) in [5, 5.41) is 8.02. The number of carbonyl (C=O) groups is 3. The van der Waals surface area contributed by atoms with Crippen LogP contribution in [0.5, 0.6) is 0 Å². The number of thiophene rings is 1. The molecule has 2 aromatic carbocycles. The summed E-state index contributed by atoms with van der Waals surface area (Å²) in [6.07, 6.45) is 0. The Labute approximate surface area is 205 Å². The Balaban J connectivity index is 1.60. The summed E-state index contributed by atoms with van der Waals surface area (Å²) in [7, 11) is 1.78. The van der Waals surface area contributed by atoms with Crippen LogP contribution in [0.4, 0.5) is 5.00 Å². The summed E-state index contributed by atoms with van der Waals surface area (Å²) in [6.45, 7) is 8.44. The van der Waals surface area contributed by atoms with E-state index < -0.39 is 0 Å². The quantitative estimate of drug-likeness (QED) is 0.447. The molecule has 0 unspecified atom stereocenters. The van der Waals surface area contributed by atoms with Gasteiger partial charge in [0.1, 0.15) is 5.00 Å². The minimum absolute atomic E-state index is 0.0388. The van der Waals surface area contributed by atoms with Gasteiger partial charge in [0.2, 0.25) is 0 Å². The normalized spacial score (nSPS) is 10.9. The third-order valence-corrected chi connectivity index (χ3v) is 6.56. The molecule has 1 aromatic heterocycles. The lowest BCUT2D eigenvalue weighted by molar-refractivity contribution is 0.0754. The molecule has 0 saturated carbocycles. The number of hydrogen-bond donors (Lipinski definition) is 2. The van der Waals surface area contributed by atoms with Crippen molar-refractivity contribution < 1.29 is 14.4 Å². The number of carbonyl (C=O) groups excluding carboxylic acids is 3. The van der Waals surface area contributed by atoms with Crippen molar-refractivity contribution in [2.45, 2.75) is 46.2 Å². The first-order valence-electron chi connectivity index (χ1n) is 11.3. The highest BCUT2D eigenvalue weighted by Gasteiger charge is 2.17. The van der Waals surface area contributed by atoms with Gasteiger partial charge in [-0.1, -0.05) is 38.1 Å². The maximum Gasteiger partial charge on any atom is 0.256 e. The Bertz CT molecular complexity index is 1150. The van der Waals surface area contributed by atoms with Gasteiger partial charge >= 0.3 is 0 Å². The summed E-state index contributed by atoms with van der Waals surface area (Å²) in [5.74, 6) is -0.171. The Kier molecular flexibility index (Phi) is 8.23. The SMILES string of the molecule is CC(C)c1ccc(C(=O)Nc2sccc2C(=O)NCc2ccc(C(=O)N(C)C(C)C)cc2)cc1. The smallest absolute Gasteiger partial charge is 0.256 e. The molecule has 0 atom stereocenters. The van der Waals surface area contributed by atoms with E-state index >= 15 is 0 Å². The minimum atomic E-state index is -0.272. The largest absolute Gasteiger partial charge is 0.348 e. The molecule has 0 aliphatic carbocycles. The van der Waals surface area contributed by atoms with Crippen LogP contribution < -0.4 is 10.6 Å². The fourth-order valence-corrected chi connectivity index (χ4v) is 4.04. The standard InChI is InChI=1S/C27H31N3O3S/c1-17(2)20-10-12-21(13-11-20)24(31)29-26-23(14-15-34-26)25(32)28-16-19-6-8-22(9-7-19)27(33)30(5)18(3)4/h6-15,17-18H,16H2,1-5H3,(H,28,32)(H,29,31). The first kappa shape index (κ1) is 25.2. The van der Waals surface area contributed by atoms with E-state index in [1.54, 1.807) is 47.7 Å². The van der Waals surface area contributed by atoms with Crippen LogP contribution in [0, 0.1) is 0 Å². The monoisotopic (exact) mass is 477 g/mol. The van der Waals surface area contributed by atoms with Gasteiger partial charge in [-0.3, -0.25) is 14.4 Å². The van der Waals surface area contributed by atoms with Crippen LogP contribution in [0.3, 0.4) is 0 Å². The lowest BCUT2D eigenvalue weighted by Crippen LogP contribution is -2.32. The summed E-state index contributed by atoms with van der Waals surface area (Å²) < 4.78 is 0. The van der Waals surface area contributed by atoms with E-state index in [1.807, 2.05) is 38.1 Å². The van der Waals surface area contributed by atoms with Crippen molar-refractivity contribution in [2.24, 2.45) is 0 Å². The highest BCUT2D eigenvalue weighted by Crippen LogP contribution is 2.24. The highest BCUT2D eigenvalue weighted by molar-refractivity contribution is 7.14. The molecule has 0 spiro atoms. The third kappa shape index (κ3) is 6.11. The maximum atomic E-state index is 12.8. The van der Waals surface area contributed by atoms with Gasteiger partial charge in [-0.05, 0) is 66.6 Å². The van der Waals surface area contributed by atoms with Gasteiger partial charge in [0.05, 0.1) is 5.56 Å². The van der Waals surface area contributed by atoms with Crippen molar-refractivity contribution in [1.29, 1.82) is 0 Å². The Morgan fingerprint density at radius 1 is 0.853 bits per heavy atom. The Morgan fingerprint density at radius 3 is 2.06 bits per heavy atom. The van der Waals surface area contributed by atoms with Crippen molar-refractivity contribution in [3.8, 4) is 0 Å². The molecule has 0 aliphatic rings. The van der Waals surface area contributed by atoms with Crippen LogP contribution in [0.2, 0.25) is 0 Å². The summed E-state index contributed by atoms with van der Waals surface area (Å²) >= 11 is 1.31. The van der Waals surface area contributed by atoms with Crippen molar-refractivity contribution in [1.82, 2.24) is 10.2 Å². The molecular weight excluding hydrogens is 446 g/mol. The van der Waals surface area contributed by atoms with E-state index in [0.717, 1.165) is 11.1 Å². The number of benzene rings is 2. The van der Waals surface area contributed by atoms with E-state index in [1.165, 1.54) is 11.3 Å². The number of rotatable bonds is 8. The molecule has 3 amide bonds. The zero-order valence-electron chi connectivity index (χ0n) is 20.2. The Hall–Kier alpha value is -3.45. The van der Waals surface area contributed by atoms with E-state index in [-0.39, 0.29) is 23.8 Å². The molecule has 0 radical (unpaired) electrons. The van der Waals surface area contributed by atoms with Gasteiger partial charge in [0, 0.05) is 30.8 Å². The molecule has 1 heterocycles. The van der Waals surface area contributed by atoms with Gasteiger partial charge in [-0.2, -0.15) is 0 Å². The van der Waals surface area contributed by atoms with Crippen molar-refractivity contribution in [3.63, 3.8) is 0 Å². The molecule has 178 valence electrons. The van der Waals surface area contributed by atoms with Gasteiger partial charge < -0.3 is 15.5 Å². The average molecular weight is 478 g/mol. The molecule has 0 fully saturated rings. The van der Waals surface area contributed by atoms with Gasteiger partial charge in [-0.15, -0.1) is 11.3 Å². The topological polar surface area (TPSA) is 78.5 Å². The molecule has 6 nitrogen and oxygen atoms in total. The number of amides is 3. The van der Waals surface area contributed by atoms with Crippen LogP contribution in [0.25, 0.3) is 0 Å². The van der Waals surface area contributed by atoms with Crippen LogP contribution in [0.15, 0.2) is 60.0 Å². The third-order valence-electron chi connectivity index (χ3n) is 5.73. The zero-order chi connectivity index (χ0) is 24.8. The predicted molar refractivity (Wildman–Crippen MR) is 138 cm³/mol. The first-order valence-corrected chi connectivity index (χ1v) is 12.2. The second-order valence-electron chi connectivity index (χ2n) is 8.78. The molecule has 0 bridgehead atoms. The van der Waals surface area contributed by atoms with Gasteiger partial charge in [0.15, 0.2) is 0 Å².